The number of carboxylic acid groups (broad SMARTS) is 1. The second-order valence-electron chi connectivity index (χ2n) is 8.01. The molecule has 35 heavy (non-hydrogen) atoms. The molecule has 1 aliphatic rings. The Morgan fingerprint density at radius 3 is 2.66 bits per heavy atom. The standard InChI is InChI=1S/C22H23N9O3S/c1-2-19-24-22(35-26-19)29-10-8-28(9-11-29)20(32)17-6-5-16(12-23-17)31-14-15(25-27-31)13-30-7-3-4-18(30)21(33)34/h3-7,12,14H,2,8-11,13H2,1H3,(H,33,34). The molecular formula is C22H23N9O3S. The van der Waals surface area contributed by atoms with E-state index in [1.54, 1.807) is 50.9 Å². The normalized spacial score (nSPS) is 13.9. The van der Waals surface area contributed by atoms with Gasteiger partial charge in [0.25, 0.3) is 5.91 Å². The molecule has 1 saturated heterocycles. The van der Waals surface area contributed by atoms with Crippen LogP contribution in [0.25, 0.3) is 5.69 Å². The van der Waals surface area contributed by atoms with Crippen LogP contribution in [0.3, 0.4) is 0 Å². The summed E-state index contributed by atoms with van der Waals surface area (Å²) in [5.41, 5.74) is 1.80. The summed E-state index contributed by atoms with van der Waals surface area (Å²) in [5, 5.41) is 18.4. The molecule has 0 bridgehead atoms. The Balaban J connectivity index is 1.20. The quantitative estimate of drug-likeness (QED) is 0.407. The molecule has 1 amide bonds. The Labute approximate surface area is 204 Å². The van der Waals surface area contributed by atoms with E-state index < -0.39 is 5.97 Å². The number of anilines is 1. The number of aromatic carboxylic acids is 1. The molecule has 180 valence electrons. The van der Waals surface area contributed by atoms with E-state index in [0.717, 1.165) is 17.4 Å². The topological polar surface area (TPSA) is 135 Å². The van der Waals surface area contributed by atoms with Gasteiger partial charge in [-0.1, -0.05) is 12.1 Å². The van der Waals surface area contributed by atoms with Crippen molar-refractivity contribution in [3.63, 3.8) is 0 Å². The van der Waals surface area contributed by atoms with Crippen LogP contribution in [-0.4, -0.2) is 82.0 Å². The molecule has 0 saturated carbocycles. The number of piperazine rings is 1. The molecule has 0 aromatic carbocycles. The van der Waals surface area contributed by atoms with Crippen LogP contribution in [-0.2, 0) is 13.0 Å². The highest BCUT2D eigenvalue weighted by atomic mass is 32.1. The van der Waals surface area contributed by atoms with Crippen molar-refractivity contribution in [3.05, 3.63) is 65.8 Å². The number of hydrogen-bond acceptors (Lipinski definition) is 9. The number of amides is 1. The van der Waals surface area contributed by atoms with E-state index in [1.165, 1.54) is 17.6 Å². The summed E-state index contributed by atoms with van der Waals surface area (Å²) in [5.74, 6) is -0.267. The van der Waals surface area contributed by atoms with Gasteiger partial charge in [-0.2, -0.15) is 4.37 Å². The van der Waals surface area contributed by atoms with Crippen LogP contribution >= 0.6 is 11.5 Å². The van der Waals surface area contributed by atoms with E-state index in [2.05, 4.69) is 29.6 Å². The molecule has 4 aromatic rings. The number of nitrogens with zero attached hydrogens (tertiary/aromatic N) is 9. The highest BCUT2D eigenvalue weighted by Crippen LogP contribution is 2.20. The first kappa shape index (κ1) is 22.7. The fourth-order valence-electron chi connectivity index (χ4n) is 3.85. The van der Waals surface area contributed by atoms with Crippen molar-refractivity contribution in [3.8, 4) is 5.69 Å². The second kappa shape index (κ2) is 9.62. The summed E-state index contributed by atoms with van der Waals surface area (Å²) in [6.07, 6.45) is 5.78. The van der Waals surface area contributed by atoms with Crippen molar-refractivity contribution < 1.29 is 14.7 Å². The maximum Gasteiger partial charge on any atom is 0.352 e. The number of carboxylic acids is 1. The largest absolute Gasteiger partial charge is 0.477 e. The summed E-state index contributed by atoms with van der Waals surface area (Å²) in [6.45, 7) is 4.90. The smallest absolute Gasteiger partial charge is 0.352 e. The van der Waals surface area contributed by atoms with Crippen LogP contribution in [0.15, 0.2) is 42.9 Å². The van der Waals surface area contributed by atoms with Gasteiger partial charge in [-0.25, -0.2) is 19.4 Å². The number of hydrogen-bond donors (Lipinski definition) is 1. The number of rotatable bonds is 7. The molecule has 1 aliphatic heterocycles. The van der Waals surface area contributed by atoms with Crippen molar-refractivity contribution in [2.75, 3.05) is 31.1 Å². The molecule has 5 heterocycles. The third-order valence-electron chi connectivity index (χ3n) is 5.76. The van der Waals surface area contributed by atoms with Gasteiger partial charge in [-0.3, -0.25) is 4.79 Å². The third-order valence-corrected chi connectivity index (χ3v) is 6.58. The van der Waals surface area contributed by atoms with E-state index in [4.69, 9.17) is 0 Å². The lowest BCUT2D eigenvalue weighted by Gasteiger charge is -2.34. The van der Waals surface area contributed by atoms with E-state index in [-0.39, 0.29) is 18.1 Å². The summed E-state index contributed by atoms with van der Waals surface area (Å²) in [7, 11) is 0. The van der Waals surface area contributed by atoms with Crippen LogP contribution in [0.4, 0.5) is 5.13 Å². The third kappa shape index (κ3) is 4.75. The lowest BCUT2D eigenvalue weighted by atomic mass is 10.2. The van der Waals surface area contributed by atoms with Gasteiger partial charge in [-0.15, -0.1) is 5.10 Å². The first-order valence-electron chi connectivity index (χ1n) is 11.1. The van der Waals surface area contributed by atoms with Crippen molar-refractivity contribution in [2.45, 2.75) is 19.9 Å². The zero-order chi connectivity index (χ0) is 24.4. The maximum atomic E-state index is 12.9. The highest BCUT2D eigenvalue weighted by Gasteiger charge is 2.24. The predicted octanol–water partition coefficient (Wildman–Crippen LogP) is 1.59. The van der Waals surface area contributed by atoms with Gasteiger partial charge >= 0.3 is 5.97 Å². The van der Waals surface area contributed by atoms with Gasteiger partial charge < -0.3 is 19.5 Å². The van der Waals surface area contributed by atoms with Gasteiger partial charge in [0.15, 0.2) is 0 Å². The summed E-state index contributed by atoms with van der Waals surface area (Å²) in [4.78, 5) is 37.1. The summed E-state index contributed by atoms with van der Waals surface area (Å²) < 4.78 is 7.47. The first-order chi connectivity index (χ1) is 17.0. The molecule has 12 nitrogen and oxygen atoms in total. The number of carbonyl (C=O) groups is 2. The zero-order valence-corrected chi connectivity index (χ0v) is 19.8. The van der Waals surface area contributed by atoms with Crippen LogP contribution in [0.1, 0.15) is 39.4 Å². The molecule has 1 fully saturated rings. The number of aromatic nitrogens is 7. The fraction of sp³-hybridized carbons (Fsp3) is 0.318. The average molecular weight is 494 g/mol. The van der Waals surface area contributed by atoms with E-state index in [1.807, 2.05) is 6.92 Å². The van der Waals surface area contributed by atoms with Gasteiger partial charge in [0.1, 0.15) is 22.9 Å². The van der Waals surface area contributed by atoms with Crippen molar-refractivity contribution in [1.82, 2.24) is 38.8 Å². The highest BCUT2D eigenvalue weighted by molar-refractivity contribution is 7.09. The fourth-order valence-corrected chi connectivity index (χ4v) is 4.65. The predicted molar refractivity (Wildman–Crippen MR) is 127 cm³/mol. The van der Waals surface area contributed by atoms with Crippen LogP contribution in [0.2, 0.25) is 0 Å². The monoisotopic (exact) mass is 493 g/mol. The first-order valence-corrected chi connectivity index (χ1v) is 11.9. The van der Waals surface area contributed by atoms with Crippen LogP contribution in [0.5, 0.6) is 0 Å². The van der Waals surface area contributed by atoms with E-state index in [9.17, 15) is 14.7 Å². The van der Waals surface area contributed by atoms with Crippen molar-refractivity contribution >= 4 is 28.5 Å². The molecule has 0 unspecified atom stereocenters. The Morgan fingerprint density at radius 2 is 1.97 bits per heavy atom. The zero-order valence-electron chi connectivity index (χ0n) is 19.0. The maximum absolute atomic E-state index is 12.9. The number of pyridine rings is 1. The Bertz CT molecular complexity index is 1340. The Kier molecular flexibility index (Phi) is 6.23. The molecule has 0 atom stereocenters. The molecule has 13 heteroatoms. The second-order valence-corrected chi connectivity index (χ2v) is 8.74. The lowest BCUT2D eigenvalue weighted by molar-refractivity contribution is 0.0684. The molecule has 4 aromatic heterocycles. The molecule has 0 spiro atoms. The lowest BCUT2D eigenvalue weighted by Crippen LogP contribution is -2.49. The SMILES string of the molecule is CCc1nsc(N2CCN(C(=O)c3ccc(-n4cc(Cn5cccc5C(=O)O)nn4)cn3)CC2)n1. The molecule has 0 aliphatic carbocycles. The minimum Gasteiger partial charge on any atom is -0.477 e. The number of aryl methyl sites for hydroxylation is 1. The van der Waals surface area contributed by atoms with Crippen LogP contribution in [0, 0.1) is 0 Å². The van der Waals surface area contributed by atoms with Crippen molar-refractivity contribution in [1.29, 1.82) is 0 Å². The number of carbonyl (C=O) groups excluding carboxylic acids is 1. The average Bonchev–Trinajstić information content (AvgIpc) is 3.65. The molecule has 0 radical (unpaired) electrons. The Morgan fingerprint density at radius 1 is 1.14 bits per heavy atom. The van der Waals surface area contributed by atoms with Gasteiger partial charge in [-0.05, 0) is 24.3 Å². The van der Waals surface area contributed by atoms with E-state index >= 15 is 0 Å². The molecular weight excluding hydrogens is 470 g/mol. The van der Waals surface area contributed by atoms with Crippen molar-refractivity contribution in [2.24, 2.45) is 0 Å². The molecule has 1 N–H and O–H groups in total. The minimum absolute atomic E-state index is 0.115. The minimum atomic E-state index is -1.00. The molecule has 5 rings (SSSR count). The van der Waals surface area contributed by atoms with Gasteiger partial charge in [0.2, 0.25) is 5.13 Å². The summed E-state index contributed by atoms with van der Waals surface area (Å²) >= 11 is 1.40. The summed E-state index contributed by atoms with van der Waals surface area (Å²) in [6, 6.07) is 6.65. The van der Waals surface area contributed by atoms with Gasteiger partial charge in [0, 0.05) is 50.3 Å². The van der Waals surface area contributed by atoms with Gasteiger partial charge in [0.05, 0.1) is 24.6 Å². The van der Waals surface area contributed by atoms with E-state index in [0.29, 0.717) is 43.3 Å². The van der Waals surface area contributed by atoms with Crippen LogP contribution < -0.4 is 4.90 Å². The Hall–Kier alpha value is -4.13.